The van der Waals surface area contributed by atoms with E-state index in [2.05, 4.69) is 17.6 Å². The summed E-state index contributed by atoms with van der Waals surface area (Å²) in [6.45, 7) is 3.34. The second kappa shape index (κ2) is 6.71. The number of unbranched alkanes of at least 4 members (excludes halogenated alkanes) is 1. The van der Waals surface area contributed by atoms with E-state index in [1.165, 1.54) is 0 Å². The van der Waals surface area contributed by atoms with Gasteiger partial charge in [-0.2, -0.15) is 0 Å². The van der Waals surface area contributed by atoms with Gasteiger partial charge in [0.15, 0.2) is 0 Å². The summed E-state index contributed by atoms with van der Waals surface area (Å²) in [7, 11) is 0. The lowest BCUT2D eigenvalue weighted by atomic mass is 10.2. The van der Waals surface area contributed by atoms with Gasteiger partial charge in [-0.3, -0.25) is 0 Å². The number of rotatable bonds is 5. The Bertz CT molecular complexity index is 322. The summed E-state index contributed by atoms with van der Waals surface area (Å²) < 4.78 is 0. The maximum atomic E-state index is 11.3. The molecule has 88 valence electrons. The average molecular weight is 221 g/mol. The number of amides is 2. The van der Waals surface area contributed by atoms with Crippen LogP contribution in [-0.4, -0.2) is 12.6 Å². The number of nitrogens with two attached hydrogens (primary N) is 1. The molecule has 0 saturated carbocycles. The number of benzene rings is 1. The fraction of sp³-hybridized carbons (Fsp3) is 0.417. The van der Waals surface area contributed by atoms with Crippen molar-refractivity contribution in [3.05, 3.63) is 29.8 Å². The third-order valence-corrected chi connectivity index (χ3v) is 2.25. The Kier molecular flexibility index (Phi) is 5.19. The predicted octanol–water partition coefficient (Wildman–Crippen LogP) is 1.87. The lowest BCUT2D eigenvalue weighted by Gasteiger charge is -2.07. The minimum absolute atomic E-state index is 0.120. The van der Waals surface area contributed by atoms with Crippen LogP contribution in [0.1, 0.15) is 25.3 Å². The SMILES string of the molecule is CCCCNC(=O)NCc1ccc(N)cc1. The van der Waals surface area contributed by atoms with Gasteiger partial charge in [0.1, 0.15) is 0 Å². The van der Waals surface area contributed by atoms with Gasteiger partial charge in [0, 0.05) is 18.8 Å². The van der Waals surface area contributed by atoms with Crippen LogP contribution < -0.4 is 16.4 Å². The number of hydrogen-bond donors (Lipinski definition) is 3. The number of carbonyl (C=O) groups is 1. The third-order valence-electron chi connectivity index (χ3n) is 2.25. The van der Waals surface area contributed by atoms with Crippen molar-refractivity contribution in [3.63, 3.8) is 0 Å². The van der Waals surface area contributed by atoms with Crippen molar-refractivity contribution in [2.75, 3.05) is 12.3 Å². The number of urea groups is 1. The highest BCUT2D eigenvalue weighted by Gasteiger charge is 1.98. The molecule has 1 aromatic rings. The van der Waals surface area contributed by atoms with Crippen molar-refractivity contribution >= 4 is 11.7 Å². The molecule has 1 rings (SSSR count). The Morgan fingerprint density at radius 2 is 1.94 bits per heavy atom. The molecule has 16 heavy (non-hydrogen) atoms. The van der Waals surface area contributed by atoms with E-state index in [1.54, 1.807) is 0 Å². The maximum absolute atomic E-state index is 11.3. The Morgan fingerprint density at radius 3 is 2.56 bits per heavy atom. The average Bonchev–Trinajstić information content (AvgIpc) is 2.29. The van der Waals surface area contributed by atoms with Crippen LogP contribution in [0.25, 0.3) is 0 Å². The quantitative estimate of drug-likeness (QED) is 0.525. The summed E-state index contributed by atoms with van der Waals surface area (Å²) in [6.07, 6.45) is 2.09. The zero-order chi connectivity index (χ0) is 11.8. The van der Waals surface area contributed by atoms with Crippen molar-refractivity contribution in [1.29, 1.82) is 0 Å². The maximum Gasteiger partial charge on any atom is 0.315 e. The highest BCUT2D eigenvalue weighted by atomic mass is 16.2. The van der Waals surface area contributed by atoms with Gasteiger partial charge in [0.2, 0.25) is 0 Å². The van der Waals surface area contributed by atoms with Gasteiger partial charge in [-0.15, -0.1) is 0 Å². The molecule has 0 fully saturated rings. The van der Waals surface area contributed by atoms with Crippen LogP contribution in [0.15, 0.2) is 24.3 Å². The lowest BCUT2D eigenvalue weighted by Crippen LogP contribution is -2.35. The minimum Gasteiger partial charge on any atom is -0.399 e. The molecule has 0 atom stereocenters. The van der Waals surface area contributed by atoms with E-state index in [1.807, 2.05) is 24.3 Å². The van der Waals surface area contributed by atoms with E-state index in [0.717, 1.165) is 30.6 Å². The fourth-order valence-corrected chi connectivity index (χ4v) is 1.26. The molecule has 0 spiro atoms. The van der Waals surface area contributed by atoms with E-state index >= 15 is 0 Å². The topological polar surface area (TPSA) is 67.2 Å². The van der Waals surface area contributed by atoms with E-state index in [9.17, 15) is 4.79 Å². The van der Waals surface area contributed by atoms with E-state index in [-0.39, 0.29) is 6.03 Å². The van der Waals surface area contributed by atoms with Crippen molar-refractivity contribution in [1.82, 2.24) is 10.6 Å². The summed E-state index contributed by atoms with van der Waals surface area (Å²) in [5.41, 5.74) is 7.34. The molecule has 0 aliphatic rings. The Labute approximate surface area is 96.2 Å². The first-order valence-corrected chi connectivity index (χ1v) is 5.58. The molecule has 0 radical (unpaired) electrons. The fourth-order valence-electron chi connectivity index (χ4n) is 1.26. The zero-order valence-electron chi connectivity index (χ0n) is 9.62. The highest BCUT2D eigenvalue weighted by molar-refractivity contribution is 5.73. The van der Waals surface area contributed by atoms with Gasteiger partial charge >= 0.3 is 6.03 Å². The standard InChI is InChI=1S/C12H19N3O/c1-2-3-8-14-12(16)15-9-10-4-6-11(13)7-5-10/h4-7H,2-3,8-9,13H2,1H3,(H2,14,15,16). The van der Waals surface area contributed by atoms with Crippen molar-refractivity contribution < 1.29 is 4.79 Å². The highest BCUT2D eigenvalue weighted by Crippen LogP contribution is 2.04. The van der Waals surface area contributed by atoms with Crippen LogP contribution in [0, 0.1) is 0 Å². The molecule has 0 aliphatic carbocycles. The van der Waals surface area contributed by atoms with Gasteiger partial charge in [0.05, 0.1) is 0 Å². The van der Waals surface area contributed by atoms with Crippen molar-refractivity contribution in [3.8, 4) is 0 Å². The van der Waals surface area contributed by atoms with Gasteiger partial charge in [0.25, 0.3) is 0 Å². The monoisotopic (exact) mass is 221 g/mol. The molecule has 2 amide bonds. The first-order valence-electron chi connectivity index (χ1n) is 5.58. The number of nitrogens with one attached hydrogen (secondary N) is 2. The summed E-state index contributed by atoms with van der Waals surface area (Å²) in [4.78, 5) is 11.3. The van der Waals surface area contributed by atoms with Crippen molar-refractivity contribution in [2.45, 2.75) is 26.3 Å². The summed E-state index contributed by atoms with van der Waals surface area (Å²) >= 11 is 0. The molecule has 0 saturated heterocycles. The van der Waals surface area contributed by atoms with E-state index < -0.39 is 0 Å². The number of carbonyl (C=O) groups excluding carboxylic acids is 1. The molecule has 0 aliphatic heterocycles. The third kappa shape index (κ3) is 4.68. The molecule has 0 heterocycles. The Balaban J connectivity index is 2.23. The zero-order valence-corrected chi connectivity index (χ0v) is 9.62. The Hall–Kier alpha value is -1.71. The smallest absolute Gasteiger partial charge is 0.315 e. The molecular formula is C12H19N3O. The van der Waals surface area contributed by atoms with Gasteiger partial charge in [-0.1, -0.05) is 25.5 Å². The molecule has 0 unspecified atom stereocenters. The number of anilines is 1. The first kappa shape index (κ1) is 12.4. The second-order valence-electron chi connectivity index (χ2n) is 3.70. The van der Waals surface area contributed by atoms with Crippen LogP contribution in [0.3, 0.4) is 0 Å². The van der Waals surface area contributed by atoms with E-state index in [0.29, 0.717) is 6.54 Å². The van der Waals surface area contributed by atoms with Crippen molar-refractivity contribution in [2.24, 2.45) is 0 Å². The molecular weight excluding hydrogens is 202 g/mol. The lowest BCUT2D eigenvalue weighted by molar-refractivity contribution is 0.240. The van der Waals surface area contributed by atoms with Gasteiger partial charge < -0.3 is 16.4 Å². The molecule has 4 nitrogen and oxygen atoms in total. The summed E-state index contributed by atoms with van der Waals surface area (Å²) in [5, 5.41) is 5.58. The molecule has 4 N–H and O–H groups in total. The van der Waals surface area contributed by atoms with Crippen LogP contribution in [0.2, 0.25) is 0 Å². The molecule has 0 bridgehead atoms. The van der Waals surface area contributed by atoms with Crippen LogP contribution in [0.4, 0.5) is 10.5 Å². The summed E-state index contributed by atoms with van der Waals surface area (Å²) in [5.74, 6) is 0. The largest absolute Gasteiger partial charge is 0.399 e. The normalized spacial score (nSPS) is 9.81. The first-order chi connectivity index (χ1) is 7.72. The Morgan fingerprint density at radius 1 is 1.25 bits per heavy atom. The number of nitrogen functional groups attached to an aromatic ring is 1. The predicted molar refractivity (Wildman–Crippen MR) is 66.0 cm³/mol. The van der Waals surface area contributed by atoms with E-state index in [4.69, 9.17) is 5.73 Å². The van der Waals surface area contributed by atoms with Crippen LogP contribution in [-0.2, 0) is 6.54 Å². The second-order valence-corrected chi connectivity index (χ2v) is 3.70. The van der Waals surface area contributed by atoms with Crippen LogP contribution >= 0.6 is 0 Å². The molecule has 1 aromatic carbocycles. The molecule has 4 heteroatoms. The molecule has 0 aromatic heterocycles. The van der Waals surface area contributed by atoms with Crippen LogP contribution in [0.5, 0.6) is 0 Å². The van der Waals surface area contributed by atoms with Gasteiger partial charge in [-0.05, 0) is 24.1 Å². The van der Waals surface area contributed by atoms with Gasteiger partial charge in [-0.25, -0.2) is 4.79 Å². The minimum atomic E-state index is -0.120. The summed E-state index contributed by atoms with van der Waals surface area (Å²) in [6, 6.07) is 7.34. The number of hydrogen-bond acceptors (Lipinski definition) is 2.